The molecule has 8 nitrogen and oxygen atoms in total. The first-order valence-electron chi connectivity index (χ1n) is 6.23. The van der Waals surface area contributed by atoms with Crippen molar-refractivity contribution in [2.75, 3.05) is 0 Å². The summed E-state index contributed by atoms with van der Waals surface area (Å²) in [6.07, 6.45) is 8.09. The summed E-state index contributed by atoms with van der Waals surface area (Å²) in [5.41, 5.74) is 0. The van der Waals surface area contributed by atoms with Crippen molar-refractivity contribution in [2.24, 2.45) is 0 Å². The fourth-order valence-electron chi connectivity index (χ4n) is 1.72. The summed E-state index contributed by atoms with van der Waals surface area (Å²) in [4.78, 5) is 15.8. The van der Waals surface area contributed by atoms with Crippen molar-refractivity contribution in [3.05, 3.63) is 25.0 Å². The normalized spacial score (nSPS) is 12.3. The molecule has 0 saturated carbocycles. The van der Waals surface area contributed by atoms with Gasteiger partial charge in [0.15, 0.2) is 0 Å². The molecular formula is C11H17N7O. The largest absolute Gasteiger partial charge is 0.352 e. The standard InChI is InChI=1S/C11H17N7O/c1-2-10(7-17-6-4-12-8-17)14-11(19)3-5-18-9-13-15-16-18/h4,6,8-10H,2-3,5,7H2,1H3,(H,14,19). The second kappa shape index (κ2) is 6.62. The Labute approximate surface area is 110 Å². The average molecular weight is 263 g/mol. The molecule has 0 radical (unpaired) electrons. The molecule has 0 aliphatic rings. The summed E-state index contributed by atoms with van der Waals surface area (Å²) in [5.74, 6) is 0.00228. The third kappa shape index (κ3) is 4.16. The van der Waals surface area contributed by atoms with Crippen LogP contribution in [0, 0.1) is 0 Å². The first-order valence-corrected chi connectivity index (χ1v) is 6.23. The van der Waals surface area contributed by atoms with Gasteiger partial charge in [-0.2, -0.15) is 0 Å². The molecule has 1 N–H and O–H groups in total. The van der Waals surface area contributed by atoms with Crippen LogP contribution in [0.15, 0.2) is 25.0 Å². The zero-order valence-corrected chi connectivity index (χ0v) is 10.8. The van der Waals surface area contributed by atoms with Crippen LogP contribution in [0.1, 0.15) is 19.8 Å². The summed E-state index contributed by atoms with van der Waals surface area (Å²) in [6.45, 7) is 3.26. The maximum Gasteiger partial charge on any atom is 0.222 e. The van der Waals surface area contributed by atoms with E-state index in [9.17, 15) is 4.79 Å². The van der Waals surface area contributed by atoms with Crippen molar-refractivity contribution < 1.29 is 4.79 Å². The highest BCUT2D eigenvalue weighted by Gasteiger charge is 2.11. The van der Waals surface area contributed by atoms with E-state index in [1.807, 2.05) is 17.7 Å². The van der Waals surface area contributed by atoms with Crippen LogP contribution in [0.3, 0.4) is 0 Å². The number of amides is 1. The minimum Gasteiger partial charge on any atom is -0.352 e. The Morgan fingerprint density at radius 1 is 1.42 bits per heavy atom. The number of aryl methyl sites for hydroxylation is 1. The Balaban J connectivity index is 1.76. The zero-order chi connectivity index (χ0) is 13.5. The molecular weight excluding hydrogens is 246 g/mol. The van der Waals surface area contributed by atoms with E-state index in [1.54, 1.807) is 12.5 Å². The molecule has 0 spiro atoms. The van der Waals surface area contributed by atoms with Gasteiger partial charge in [0.25, 0.3) is 0 Å². The van der Waals surface area contributed by atoms with Crippen LogP contribution >= 0.6 is 0 Å². The van der Waals surface area contributed by atoms with E-state index in [4.69, 9.17) is 0 Å². The molecule has 1 amide bonds. The lowest BCUT2D eigenvalue weighted by Gasteiger charge is -2.17. The number of imidazole rings is 1. The van der Waals surface area contributed by atoms with Gasteiger partial charge in [-0.1, -0.05) is 6.92 Å². The zero-order valence-electron chi connectivity index (χ0n) is 10.8. The van der Waals surface area contributed by atoms with Crippen LogP contribution in [-0.4, -0.2) is 41.7 Å². The van der Waals surface area contributed by atoms with E-state index in [0.717, 1.165) is 13.0 Å². The molecule has 0 aromatic carbocycles. The summed E-state index contributed by atoms with van der Waals surface area (Å²) in [5, 5.41) is 13.7. The lowest BCUT2D eigenvalue weighted by atomic mass is 10.2. The third-order valence-corrected chi connectivity index (χ3v) is 2.81. The summed E-state index contributed by atoms with van der Waals surface area (Å²) in [6, 6.07) is 0.107. The van der Waals surface area contributed by atoms with Gasteiger partial charge in [-0.3, -0.25) is 4.79 Å². The molecule has 0 aliphatic carbocycles. The van der Waals surface area contributed by atoms with Crippen molar-refractivity contribution in [3.63, 3.8) is 0 Å². The van der Waals surface area contributed by atoms with Gasteiger partial charge in [-0.25, -0.2) is 9.67 Å². The minimum atomic E-state index is 0.00228. The number of nitrogens with one attached hydrogen (secondary N) is 1. The number of carbonyl (C=O) groups excluding carboxylic acids is 1. The fourth-order valence-corrected chi connectivity index (χ4v) is 1.72. The molecule has 0 aliphatic heterocycles. The van der Waals surface area contributed by atoms with Crippen molar-refractivity contribution in [3.8, 4) is 0 Å². The maximum absolute atomic E-state index is 11.8. The lowest BCUT2D eigenvalue weighted by Crippen LogP contribution is -2.37. The third-order valence-electron chi connectivity index (χ3n) is 2.81. The second-order valence-electron chi connectivity index (χ2n) is 4.26. The van der Waals surface area contributed by atoms with Gasteiger partial charge in [0.2, 0.25) is 5.91 Å². The number of aromatic nitrogens is 6. The van der Waals surface area contributed by atoms with Crippen LogP contribution in [0.2, 0.25) is 0 Å². The highest BCUT2D eigenvalue weighted by Crippen LogP contribution is 1.98. The van der Waals surface area contributed by atoms with Gasteiger partial charge in [0.1, 0.15) is 6.33 Å². The molecule has 1 atom stereocenters. The summed E-state index contributed by atoms with van der Waals surface area (Å²) >= 11 is 0. The van der Waals surface area contributed by atoms with Gasteiger partial charge in [-0.15, -0.1) is 5.10 Å². The topological polar surface area (TPSA) is 90.5 Å². The number of hydrogen-bond acceptors (Lipinski definition) is 5. The molecule has 0 saturated heterocycles. The van der Waals surface area contributed by atoms with Gasteiger partial charge in [0, 0.05) is 31.4 Å². The first kappa shape index (κ1) is 13.2. The molecule has 0 bridgehead atoms. The molecule has 2 aromatic heterocycles. The minimum absolute atomic E-state index is 0.00228. The highest BCUT2D eigenvalue weighted by atomic mass is 16.1. The van der Waals surface area contributed by atoms with Crippen LogP contribution in [0.4, 0.5) is 0 Å². The highest BCUT2D eigenvalue weighted by molar-refractivity contribution is 5.76. The Bertz CT molecular complexity index is 479. The van der Waals surface area contributed by atoms with E-state index < -0.39 is 0 Å². The van der Waals surface area contributed by atoms with Crippen molar-refractivity contribution >= 4 is 5.91 Å². The first-order chi connectivity index (χ1) is 9.28. The van der Waals surface area contributed by atoms with E-state index in [0.29, 0.717) is 13.0 Å². The van der Waals surface area contributed by atoms with Crippen LogP contribution in [0.5, 0.6) is 0 Å². The number of tetrazole rings is 1. The Morgan fingerprint density at radius 2 is 2.32 bits per heavy atom. The Kier molecular flexibility index (Phi) is 4.60. The van der Waals surface area contributed by atoms with Crippen LogP contribution < -0.4 is 5.32 Å². The fraction of sp³-hybridized carbons (Fsp3) is 0.545. The lowest BCUT2D eigenvalue weighted by molar-refractivity contribution is -0.122. The molecule has 8 heteroatoms. The quantitative estimate of drug-likeness (QED) is 0.750. The number of nitrogens with zero attached hydrogens (tertiary/aromatic N) is 6. The maximum atomic E-state index is 11.8. The summed E-state index contributed by atoms with van der Waals surface area (Å²) in [7, 11) is 0. The number of hydrogen-bond donors (Lipinski definition) is 1. The van der Waals surface area contributed by atoms with Crippen LogP contribution in [0.25, 0.3) is 0 Å². The van der Waals surface area contributed by atoms with Crippen molar-refractivity contribution in [2.45, 2.75) is 38.9 Å². The number of carbonyl (C=O) groups is 1. The molecule has 102 valence electrons. The predicted octanol–water partition coefficient (Wildman–Crippen LogP) is -0.145. The molecule has 2 rings (SSSR count). The predicted molar refractivity (Wildman–Crippen MR) is 66.9 cm³/mol. The molecule has 2 aromatic rings. The molecule has 19 heavy (non-hydrogen) atoms. The van der Waals surface area contributed by atoms with Crippen molar-refractivity contribution in [1.29, 1.82) is 0 Å². The monoisotopic (exact) mass is 263 g/mol. The van der Waals surface area contributed by atoms with Gasteiger partial charge in [-0.05, 0) is 16.8 Å². The van der Waals surface area contributed by atoms with E-state index in [-0.39, 0.29) is 11.9 Å². The average Bonchev–Trinajstić information content (AvgIpc) is 3.08. The van der Waals surface area contributed by atoms with Crippen molar-refractivity contribution in [1.82, 2.24) is 35.1 Å². The SMILES string of the molecule is CCC(Cn1ccnc1)NC(=O)CCn1cnnn1. The van der Waals surface area contributed by atoms with Gasteiger partial charge >= 0.3 is 0 Å². The molecule has 2 heterocycles. The Morgan fingerprint density at radius 3 is 2.95 bits per heavy atom. The summed E-state index contributed by atoms with van der Waals surface area (Å²) < 4.78 is 3.49. The van der Waals surface area contributed by atoms with E-state index in [2.05, 4.69) is 25.8 Å². The van der Waals surface area contributed by atoms with Gasteiger partial charge in [0.05, 0.1) is 12.9 Å². The van der Waals surface area contributed by atoms with Gasteiger partial charge < -0.3 is 9.88 Å². The molecule has 1 unspecified atom stereocenters. The Hall–Kier alpha value is -2.25. The van der Waals surface area contributed by atoms with E-state index >= 15 is 0 Å². The smallest absolute Gasteiger partial charge is 0.222 e. The van der Waals surface area contributed by atoms with E-state index in [1.165, 1.54) is 11.0 Å². The molecule has 0 fully saturated rings. The number of rotatable bonds is 7. The van der Waals surface area contributed by atoms with Crippen LogP contribution in [-0.2, 0) is 17.9 Å². The second-order valence-corrected chi connectivity index (χ2v) is 4.26.